The van der Waals surface area contributed by atoms with Gasteiger partial charge in [0.25, 0.3) is 0 Å². The smallest absolute Gasteiger partial charge is 0.0727 e. The minimum absolute atomic E-state index is 0.448. The SMILES string of the molecule is Brc1cc(-c2ccccc2)ccc1Cn1c2ccccc2c2ccc3c(c21)-c1ccccc1C31c2ccccc2-c2c1ccc1c2[nH]c2ccccc21. The number of H-pyrrole nitrogens is 1. The van der Waals surface area contributed by atoms with Gasteiger partial charge < -0.3 is 9.55 Å². The average molecular weight is 740 g/mol. The number of nitrogens with zero attached hydrogens (tertiary/aromatic N) is 1. The molecule has 0 radical (unpaired) electrons. The molecule has 1 spiro atoms. The van der Waals surface area contributed by atoms with Crippen LogP contribution >= 0.6 is 15.9 Å². The molecule has 2 aromatic heterocycles. The van der Waals surface area contributed by atoms with Gasteiger partial charge in [-0.1, -0.05) is 168 Å². The predicted octanol–water partition coefficient (Wildman–Crippen LogP) is 13.3. The maximum atomic E-state index is 4.01. The molecule has 2 heterocycles. The third-order valence-electron chi connectivity index (χ3n) is 12.1. The van der Waals surface area contributed by atoms with Gasteiger partial charge in [0.05, 0.1) is 16.4 Å². The summed E-state index contributed by atoms with van der Waals surface area (Å²) in [7, 11) is 0. The van der Waals surface area contributed by atoms with Crippen LogP contribution in [0.2, 0.25) is 0 Å². The summed E-state index contributed by atoms with van der Waals surface area (Å²) in [6, 6.07) is 63.0. The third-order valence-corrected chi connectivity index (χ3v) is 12.9. The van der Waals surface area contributed by atoms with Crippen LogP contribution in [0.25, 0.3) is 77.0 Å². The van der Waals surface area contributed by atoms with Crippen LogP contribution in [-0.4, -0.2) is 9.55 Å². The van der Waals surface area contributed by atoms with Crippen molar-refractivity contribution in [3.63, 3.8) is 0 Å². The topological polar surface area (TPSA) is 20.7 Å². The molecule has 12 rings (SSSR count). The Hall–Kier alpha value is -6.16. The highest BCUT2D eigenvalue weighted by atomic mass is 79.9. The Labute approximate surface area is 315 Å². The van der Waals surface area contributed by atoms with Crippen molar-refractivity contribution in [2.24, 2.45) is 0 Å². The van der Waals surface area contributed by atoms with E-state index in [1.54, 1.807) is 0 Å². The van der Waals surface area contributed by atoms with E-state index >= 15 is 0 Å². The molecule has 10 aromatic rings. The lowest BCUT2D eigenvalue weighted by atomic mass is 9.70. The van der Waals surface area contributed by atoms with E-state index < -0.39 is 5.41 Å². The number of hydrogen-bond donors (Lipinski definition) is 1. The van der Waals surface area contributed by atoms with Gasteiger partial charge in [-0.2, -0.15) is 0 Å². The van der Waals surface area contributed by atoms with Gasteiger partial charge in [-0.3, -0.25) is 0 Å². The van der Waals surface area contributed by atoms with Gasteiger partial charge in [-0.15, -0.1) is 0 Å². The molecule has 0 saturated carbocycles. The molecule has 0 aliphatic heterocycles. The molecular formula is C50H31BrN2. The molecule has 0 amide bonds. The number of rotatable bonds is 3. The maximum absolute atomic E-state index is 4.01. The number of fused-ring (bicyclic) bond motifs is 18. The highest BCUT2D eigenvalue weighted by molar-refractivity contribution is 9.10. The molecular weight excluding hydrogens is 708 g/mol. The second kappa shape index (κ2) is 10.7. The number of para-hydroxylation sites is 2. The fourth-order valence-electron chi connectivity index (χ4n) is 9.99. The van der Waals surface area contributed by atoms with Crippen molar-refractivity contribution in [2.45, 2.75) is 12.0 Å². The molecule has 1 N–H and O–H groups in total. The van der Waals surface area contributed by atoms with Crippen LogP contribution in [0.1, 0.15) is 27.8 Å². The fraction of sp³-hybridized carbons (Fsp3) is 0.0400. The van der Waals surface area contributed by atoms with Crippen LogP contribution in [0.15, 0.2) is 174 Å². The summed E-state index contributed by atoms with van der Waals surface area (Å²) >= 11 is 4.01. The van der Waals surface area contributed by atoms with Crippen molar-refractivity contribution < 1.29 is 0 Å². The standard InChI is InChI=1S/C50H31BrN2/c51-43-28-31(30-12-2-1-3-13-30)22-23-32(43)29-53-45-21-11-7-15-34(45)36-25-27-42-47(49(36)53)38-17-5-9-19-40(38)50(42)39-18-8-4-16-37(39)46-41(50)26-24-35-33-14-6-10-20-44(33)52-48(35)46/h1-28,52H,29H2. The zero-order chi connectivity index (χ0) is 34.8. The van der Waals surface area contributed by atoms with Crippen molar-refractivity contribution in [1.82, 2.24) is 9.55 Å². The molecule has 0 bridgehead atoms. The number of hydrogen-bond acceptors (Lipinski definition) is 0. The third kappa shape index (κ3) is 3.77. The Morgan fingerprint density at radius 2 is 1.13 bits per heavy atom. The first-order valence-corrected chi connectivity index (χ1v) is 19.1. The molecule has 1 atom stereocenters. The first kappa shape index (κ1) is 29.4. The molecule has 2 aliphatic carbocycles. The molecule has 53 heavy (non-hydrogen) atoms. The van der Waals surface area contributed by atoms with Crippen molar-refractivity contribution >= 4 is 59.5 Å². The lowest BCUT2D eigenvalue weighted by Crippen LogP contribution is -2.25. The van der Waals surface area contributed by atoms with Crippen LogP contribution in [0.4, 0.5) is 0 Å². The summed E-state index contributed by atoms with van der Waals surface area (Å²) < 4.78 is 3.69. The number of nitrogens with one attached hydrogen (secondary N) is 1. The zero-order valence-electron chi connectivity index (χ0n) is 28.7. The molecule has 0 saturated heterocycles. The van der Waals surface area contributed by atoms with Gasteiger partial charge in [0.15, 0.2) is 0 Å². The van der Waals surface area contributed by atoms with Crippen LogP contribution in [0.3, 0.4) is 0 Å². The molecule has 0 fully saturated rings. The summed E-state index contributed by atoms with van der Waals surface area (Å²) in [5.41, 5.74) is 18.9. The highest BCUT2D eigenvalue weighted by Gasteiger charge is 2.53. The summed E-state index contributed by atoms with van der Waals surface area (Å²) in [5, 5.41) is 5.12. The minimum atomic E-state index is -0.448. The number of halogens is 1. The Morgan fingerprint density at radius 1 is 0.491 bits per heavy atom. The van der Waals surface area contributed by atoms with Crippen molar-refractivity contribution in [2.75, 3.05) is 0 Å². The molecule has 248 valence electrons. The van der Waals surface area contributed by atoms with Crippen molar-refractivity contribution in [3.05, 3.63) is 202 Å². The predicted molar refractivity (Wildman–Crippen MR) is 224 cm³/mol. The van der Waals surface area contributed by atoms with Crippen LogP contribution < -0.4 is 0 Å². The number of aromatic nitrogens is 2. The van der Waals surface area contributed by atoms with E-state index in [0.717, 1.165) is 11.0 Å². The van der Waals surface area contributed by atoms with Gasteiger partial charge in [-0.25, -0.2) is 0 Å². The van der Waals surface area contributed by atoms with Gasteiger partial charge >= 0.3 is 0 Å². The largest absolute Gasteiger partial charge is 0.354 e. The first-order valence-electron chi connectivity index (χ1n) is 18.3. The summed E-state index contributed by atoms with van der Waals surface area (Å²) in [6.45, 7) is 0.744. The maximum Gasteiger partial charge on any atom is 0.0727 e. The van der Waals surface area contributed by atoms with Gasteiger partial charge in [0, 0.05) is 54.7 Å². The van der Waals surface area contributed by atoms with E-state index in [0.29, 0.717) is 0 Å². The fourth-order valence-corrected chi connectivity index (χ4v) is 10.5. The van der Waals surface area contributed by atoms with E-state index in [1.807, 2.05) is 0 Å². The Balaban J connectivity index is 1.16. The lowest BCUT2D eigenvalue weighted by molar-refractivity contribution is 0.794. The second-order valence-corrected chi connectivity index (χ2v) is 15.4. The van der Waals surface area contributed by atoms with E-state index in [1.165, 1.54) is 105 Å². The summed E-state index contributed by atoms with van der Waals surface area (Å²) in [6.07, 6.45) is 0. The van der Waals surface area contributed by atoms with Crippen LogP contribution in [-0.2, 0) is 12.0 Å². The molecule has 8 aromatic carbocycles. The number of benzene rings is 8. The minimum Gasteiger partial charge on any atom is -0.354 e. The Morgan fingerprint density at radius 3 is 1.92 bits per heavy atom. The van der Waals surface area contributed by atoms with E-state index in [9.17, 15) is 0 Å². The highest BCUT2D eigenvalue weighted by Crippen LogP contribution is 2.65. The van der Waals surface area contributed by atoms with Crippen LogP contribution in [0, 0.1) is 0 Å². The van der Waals surface area contributed by atoms with Gasteiger partial charge in [0.2, 0.25) is 0 Å². The first-order chi connectivity index (χ1) is 26.2. The van der Waals surface area contributed by atoms with E-state index in [4.69, 9.17) is 0 Å². The molecule has 3 heteroatoms. The normalized spacial score (nSPS) is 15.4. The van der Waals surface area contributed by atoms with Gasteiger partial charge in [0.1, 0.15) is 0 Å². The Bertz CT molecular complexity index is 3160. The molecule has 2 nitrogen and oxygen atoms in total. The van der Waals surface area contributed by atoms with Crippen molar-refractivity contribution in [1.29, 1.82) is 0 Å². The summed E-state index contributed by atoms with van der Waals surface area (Å²) in [4.78, 5) is 3.87. The van der Waals surface area contributed by atoms with E-state index in [2.05, 4.69) is 195 Å². The zero-order valence-corrected chi connectivity index (χ0v) is 30.3. The molecule has 1 unspecified atom stereocenters. The second-order valence-electron chi connectivity index (χ2n) is 14.6. The summed E-state index contributed by atoms with van der Waals surface area (Å²) in [5.74, 6) is 0. The quantitative estimate of drug-likeness (QED) is 0.186. The van der Waals surface area contributed by atoms with Crippen molar-refractivity contribution in [3.8, 4) is 33.4 Å². The van der Waals surface area contributed by atoms with Crippen LogP contribution in [0.5, 0.6) is 0 Å². The Kier molecular flexibility index (Phi) is 5.94. The van der Waals surface area contributed by atoms with E-state index in [-0.39, 0.29) is 0 Å². The lowest BCUT2D eigenvalue weighted by Gasteiger charge is -2.30. The van der Waals surface area contributed by atoms with Gasteiger partial charge in [-0.05, 0) is 68.3 Å². The average Bonchev–Trinajstić information content (AvgIpc) is 3.93. The molecule has 2 aliphatic rings. The monoisotopic (exact) mass is 738 g/mol. The number of aromatic amines is 1.